The molecular weight excluding hydrogens is 1100 g/mol. The highest BCUT2D eigenvalue weighted by Crippen LogP contribution is 2.66. The Morgan fingerprint density at radius 1 is 0.506 bits per heavy atom. The predicted molar refractivity (Wildman–Crippen MR) is 307 cm³/mol. The number of amides is 8. The van der Waals surface area contributed by atoms with Crippen molar-refractivity contribution in [3.05, 3.63) is 12.2 Å². The molecule has 474 valence electrons. The molecule has 14 atom stereocenters. The molecular formula is C61H94N8O16. The minimum absolute atomic E-state index is 0.119. The molecule has 8 N–H and O–H groups in total. The lowest BCUT2D eigenvalue weighted by atomic mass is 9.44. The minimum Gasteiger partial charge on any atom is -0.467 e. The fraction of sp³-hybridized carbons (Fsp3) is 0.770. The monoisotopic (exact) mass is 1190 g/mol. The average Bonchev–Trinajstić information content (AvgIpc) is 1.38. The van der Waals surface area contributed by atoms with Gasteiger partial charge in [-0.1, -0.05) is 95.2 Å². The number of methoxy groups -OCH3 is 2. The van der Waals surface area contributed by atoms with Gasteiger partial charge in [0.1, 0.15) is 36.3 Å². The molecule has 2 spiro atoms. The zero-order chi connectivity index (χ0) is 63.2. The highest BCUT2D eigenvalue weighted by atomic mass is 16.6. The van der Waals surface area contributed by atoms with Crippen LogP contribution < -0.4 is 42.5 Å². The molecule has 0 radical (unpaired) electrons. The first-order valence-electron chi connectivity index (χ1n) is 30.5. The molecule has 6 aliphatic carbocycles. The van der Waals surface area contributed by atoms with Gasteiger partial charge in [0, 0.05) is 0 Å². The van der Waals surface area contributed by atoms with E-state index >= 15 is 9.59 Å². The summed E-state index contributed by atoms with van der Waals surface area (Å²) >= 11 is 0. The summed E-state index contributed by atoms with van der Waals surface area (Å²) < 4.78 is 22.3. The van der Waals surface area contributed by atoms with Gasteiger partial charge in [0.15, 0.2) is 12.2 Å². The smallest absolute Gasteiger partial charge is 0.328 e. The van der Waals surface area contributed by atoms with Crippen LogP contribution in [0.25, 0.3) is 0 Å². The fourth-order valence-corrected chi connectivity index (χ4v) is 14.0. The molecule has 5 saturated carbocycles. The third kappa shape index (κ3) is 15.9. The first-order chi connectivity index (χ1) is 39.8. The van der Waals surface area contributed by atoms with E-state index in [-0.39, 0.29) is 68.6 Å². The van der Waals surface area contributed by atoms with Gasteiger partial charge in [-0.05, 0) is 117 Å². The van der Waals surface area contributed by atoms with E-state index in [1.807, 2.05) is 39.8 Å². The summed E-state index contributed by atoms with van der Waals surface area (Å²) in [6.45, 7) is 19.6. The number of allylic oxidation sites excluding steroid dienone is 2. The van der Waals surface area contributed by atoms with Crippen molar-refractivity contribution >= 4 is 71.1 Å². The third-order valence-electron chi connectivity index (χ3n) is 18.0. The van der Waals surface area contributed by atoms with Crippen LogP contribution >= 0.6 is 0 Å². The molecule has 1 saturated heterocycles. The van der Waals surface area contributed by atoms with Crippen molar-refractivity contribution in [3.8, 4) is 0 Å². The highest BCUT2D eigenvalue weighted by Gasteiger charge is 2.65. The molecule has 24 nitrogen and oxygen atoms in total. The van der Waals surface area contributed by atoms with Gasteiger partial charge in [0.05, 0.1) is 50.0 Å². The molecule has 7 aliphatic rings. The van der Waals surface area contributed by atoms with Crippen LogP contribution in [0.15, 0.2) is 12.2 Å². The molecule has 3 unspecified atom stereocenters. The van der Waals surface area contributed by atoms with Crippen molar-refractivity contribution in [2.45, 2.75) is 189 Å². The highest BCUT2D eigenvalue weighted by molar-refractivity contribution is 5.97. The number of carbonyl (C=O) groups excluding carboxylic acids is 12. The largest absolute Gasteiger partial charge is 0.467 e. The lowest BCUT2D eigenvalue weighted by Crippen LogP contribution is -2.61. The summed E-state index contributed by atoms with van der Waals surface area (Å²) in [5.74, 6) is -14.7. The molecule has 1 heterocycles. The zero-order valence-electron chi connectivity index (χ0n) is 52.0. The number of cyclic esters (lactones) is 2. The van der Waals surface area contributed by atoms with Crippen LogP contribution in [0.1, 0.15) is 141 Å². The van der Waals surface area contributed by atoms with E-state index < -0.39 is 191 Å². The number of rotatable bonds is 18. The summed E-state index contributed by atoms with van der Waals surface area (Å²) in [4.78, 5) is 172. The minimum atomic E-state index is -1.80. The van der Waals surface area contributed by atoms with E-state index in [0.29, 0.717) is 12.8 Å². The topological polar surface area (TPSA) is 338 Å². The van der Waals surface area contributed by atoms with Crippen LogP contribution in [-0.2, 0) is 76.5 Å². The molecule has 6 fully saturated rings. The van der Waals surface area contributed by atoms with Gasteiger partial charge in [-0.3, -0.25) is 47.9 Å². The van der Waals surface area contributed by atoms with Gasteiger partial charge >= 0.3 is 23.9 Å². The maximum Gasteiger partial charge on any atom is 0.328 e. The predicted octanol–water partition coefficient (Wildman–Crippen LogP) is 2.05. The van der Waals surface area contributed by atoms with Gasteiger partial charge in [-0.25, -0.2) is 9.59 Å². The van der Waals surface area contributed by atoms with E-state index in [4.69, 9.17) is 18.9 Å². The number of esters is 4. The normalized spacial score (nSPS) is 31.2. The second kappa shape index (κ2) is 28.3. The van der Waals surface area contributed by atoms with Crippen LogP contribution in [0.4, 0.5) is 0 Å². The molecule has 0 aromatic heterocycles. The molecule has 8 amide bonds. The summed E-state index contributed by atoms with van der Waals surface area (Å²) in [5, 5.41) is 22.0. The molecule has 0 aromatic carbocycles. The van der Waals surface area contributed by atoms with Crippen molar-refractivity contribution in [2.75, 3.05) is 27.3 Å². The summed E-state index contributed by atoms with van der Waals surface area (Å²) in [6, 6.07) is -7.16. The first kappa shape index (κ1) is 67.5. The van der Waals surface area contributed by atoms with Crippen LogP contribution in [0.2, 0.25) is 0 Å². The number of hydrogen-bond acceptors (Lipinski definition) is 16. The second-order valence-corrected chi connectivity index (χ2v) is 27.1. The van der Waals surface area contributed by atoms with Gasteiger partial charge < -0.3 is 61.5 Å². The molecule has 85 heavy (non-hydrogen) atoms. The van der Waals surface area contributed by atoms with Crippen LogP contribution in [0, 0.1) is 81.8 Å². The lowest BCUT2D eigenvalue weighted by molar-refractivity contribution is -0.200. The van der Waals surface area contributed by atoms with Crippen molar-refractivity contribution in [1.29, 1.82) is 0 Å². The number of ether oxygens (including phenoxy) is 4. The maximum atomic E-state index is 15.2. The summed E-state index contributed by atoms with van der Waals surface area (Å²) in [6.07, 6.45) is 2.37. The average molecular weight is 1200 g/mol. The Kier molecular flexibility index (Phi) is 22.4. The Morgan fingerprint density at radius 3 is 1.15 bits per heavy atom. The Hall–Kier alpha value is -6.62. The van der Waals surface area contributed by atoms with Crippen LogP contribution in [0.5, 0.6) is 0 Å². The Balaban J connectivity index is 1.41. The van der Waals surface area contributed by atoms with Crippen LogP contribution in [-0.4, -0.2) is 147 Å². The lowest BCUT2D eigenvalue weighted by Gasteiger charge is -2.59. The zero-order valence-corrected chi connectivity index (χ0v) is 52.0. The molecule has 7 rings (SSSR count). The number of hydrogen-bond donors (Lipinski definition) is 8. The van der Waals surface area contributed by atoms with E-state index in [0.717, 1.165) is 0 Å². The summed E-state index contributed by atoms with van der Waals surface area (Å²) in [7, 11) is 2.36. The molecule has 0 aromatic rings. The van der Waals surface area contributed by atoms with E-state index in [1.165, 1.54) is 14.2 Å². The van der Waals surface area contributed by atoms with Gasteiger partial charge in [0.25, 0.3) is 11.8 Å². The van der Waals surface area contributed by atoms with Crippen molar-refractivity contribution in [3.63, 3.8) is 0 Å². The van der Waals surface area contributed by atoms with E-state index in [1.54, 1.807) is 55.4 Å². The third-order valence-corrected chi connectivity index (χ3v) is 18.0. The van der Waals surface area contributed by atoms with Crippen molar-refractivity contribution in [2.24, 2.45) is 81.8 Å². The van der Waals surface area contributed by atoms with E-state index in [9.17, 15) is 47.9 Å². The SMILES string of the molecule is COC(=O)[C@@H](NC(=O)[C@@H](NC(=O)[C@@H]1CNC(=O)C(CC(C)C)NC(=O)[C@@H]2[C@H](C(=O)N[C@@H](CC(C)C)C(=O)NC[C@@H](C(=O)N[C@H](C(=O)N[C@H](C(=O)OC)C(C)C)C(C)C)OC(=O)C34CC5CC(CC(C5)(C3)C(=O)O1)C4)[C@@H]1C=C[C@H]2C1)C(C)C)C(C)C. The molecule has 24 heteroatoms. The van der Waals surface area contributed by atoms with Gasteiger partial charge in [-0.2, -0.15) is 0 Å². The quantitative estimate of drug-likeness (QED) is 0.0553. The number of fused-ring (bicyclic) bond motifs is 5. The summed E-state index contributed by atoms with van der Waals surface area (Å²) in [5.41, 5.74) is -2.77. The second-order valence-electron chi connectivity index (χ2n) is 27.1. The first-order valence-corrected chi connectivity index (χ1v) is 30.5. The number of carbonyl (C=O) groups is 12. The Bertz CT molecular complexity index is 2400. The molecule has 1 aliphatic heterocycles. The Morgan fingerprint density at radius 2 is 0.847 bits per heavy atom. The molecule has 6 bridgehead atoms. The number of nitrogens with one attached hydrogen (secondary N) is 8. The Labute approximate surface area is 499 Å². The van der Waals surface area contributed by atoms with Gasteiger partial charge in [0.2, 0.25) is 35.4 Å². The van der Waals surface area contributed by atoms with Gasteiger partial charge in [-0.15, -0.1) is 0 Å². The maximum absolute atomic E-state index is 15.2. The van der Waals surface area contributed by atoms with Crippen LogP contribution in [0.3, 0.4) is 0 Å². The standard InChI is InChI=1S/C61H94N8O16/c1-28(2)17-38-48(70)62-25-40(50(72)66-44(30(5)6)54(76)68-46(32(9)10)56(78)82-13)84-58(80)60-21-34-19-35(22-60)24-61(23-34,27-60)59(81)85-41(51(73)67-45(31(7)8)55(77)69-47(33(11)12)57(79)83-14)26-63-49(71)39(18-29(3)4)65-53(75)43-37-16-15-36(20-37)42(43)52(74)64-38/h15-16,28-47H,17-27H2,1-14H3,(H,62,70)(H,63,71)(H,64,74)(H,65,75)(H,66,72)(H,67,73)(H,68,76)(H,69,77)/t34?,35?,36-,37+,38+,39?,40+,41+,42-,43+,44+,45+,46+,47+,60?,61?/m1/s1. The van der Waals surface area contributed by atoms with Crippen molar-refractivity contribution in [1.82, 2.24) is 42.5 Å². The van der Waals surface area contributed by atoms with Crippen molar-refractivity contribution < 1.29 is 76.5 Å². The van der Waals surface area contributed by atoms with E-state index in [2.05, 4.69) is 42.5 Å². The fourth-order valence-electron chi connectivity index (χ4n) is 14.0.